The topological polar surface area (TPSA) is 114 Å². The van der Waals surface area contributed by atoms with E-state index in [1.165, 1.54) is 0 Å². The normalized spacial score (nSPS) is 14.5. The van der Waals surface area contributed by atoms with Gasteiger partial charge in [0.05, 0.1) is 12.7 Å². The third-order valence-electron chi connectivity index (χ3n) is 4.10. The molecule has 168 valence electrons. The molecule has 2 amide bonds. The smallest absolute Gasteiger partial charge is 0.408 e. The molecule has 0 heterocycles. The Balaban J connectivity index is 2.92. The summed E-state index contributed by atoms with van der Waals surface area (Å²) in [6.45, 7) is 10.7. The first kappa shape index (κ1) is 25.4. The van der Waals surface area contributed by atoms with Gasteiger partial charge in [0.2, 0.25) is 5.91 Å². The predicted molar refractivity (Wildman–Crippen MR) is 113 cm³/mol. The first-order chi connectivity index (χ1) is 13.9. The fourth-order valence-electron chi connectivity index (χ4n) is 2.68. The largest absolute Gasteiger partial charge is 0.480 e. The van der Waals surface area contributed by atoms with Gasteiger partial charge in [0, 0.05) is 0 Å². The number of hydrogen-bond acceptors (Lipinski definition) is 5. The van der Waals surface area contributed by atoms with Crippen molar-refractivity contribution in [1.82, 2.24) is 10.6 Å². The van der Waals surface area contributed by atoms with Crippen molar-refractivity contribution in [3.63, 3.8) is 0 Å². The number of nitrogens with one attached hydrogen (secondary N) is 2. The van der Waals surface area contributed by atoms with Crippen molar-refractivity contribution < 1.29 is 29.0 Å². The number of amides is 2. The van der Waals surface area contributed by atoms with Crippen LogP contribution in [-0.4, -0.2) is 46.9 Å². The summed E-state index contributed by atoms with van der Waals surface area (Å²) >= 11 is 0. The second kappa shape index (κ2) is 11.5. The van der Waals surface area contributed by atoms with Gasteiger partial charge in [-0.1, -0.05) is 44.2 Å². The third-order valence-corrected chi connectivity index (χ3v) is 4.10. The molecular weight excluding hydrogens is 388 g/mol. The van der Waals surface area contributed by atoms with E-state index in [1.54, 1.807) is 27.7 Å². The molecule has 1 aromatic rings. The van der Waals surface area contributed by atoms with Crippen molar-refractivity contribution in [3.8, 4) is 0 Å². The number of carboxylic acid groups (broad SMARTS) is 1. The van der Waals surface area contributed by atoms with E-state index < -0.39 is 41.8 Å². The average Bonchev–Trinajstić information content (AvgIpc) is 2.62. The summed E-state index contributed by atoms with van der Waals surface area (Å²) < 4.78 is 11.0. The number of carbonyl (C=O) groups excluding carboxylic acids is 2. The van der Waals surface area contributed by atoms with Crippen LogP contribution >= 0.6 is 0 Å². The summed E-state index contributed by atoms with van der Waals surface area (Å²) in [7, 11) is 0. The van der Waals surface area contributed by atoms with Crippen LogP contribution in [-0.2, 0) is 25.7 Å². The molecule has 3 N–H and O–H groups in total. The molecule has 0 aliphatic heterocycles. The van der Waals surface area contributed by atoms with Gasteiger partial charge in [0.25, 0.3) is 0 Å². The summed E-state index contributed by atoms with van der Waals surface area (Å²) in [6, 6.07) is 7.19. The lowest BCUT2D eigenvalue weighted by Crippen LogP contribution is -2.57. The molecule has 8 heteroatoms. The van der Waals surface area contributed by atoms with Crippen molar-refractivity contribution in [2.45, 2.75) is 78.4 Å². The summed E-state index contributed by atoms with van der Waals surface area (Å²) in [4.78, 5) is 36.7. The number of ether oxygens (including phenoxy) is 2. The van der Waals surface area contributed by atoms with Crippen molar-refractivity contribution in [3.05, 3.63) is 35.9 Å². The second-order valence-corrected chi connectivity index (χ2v) is 8.65. The van der Waals surface area contributed by atoms with Crippen LogP contribution in [0.25, 0.3) is 0 Å². The van der Waals surface area contributed by atoms with Crippen LogP contribution in [0.3, 0.4) is 0 Å². The van der Waals surface area contributed by atoms with Crippen molar-refractivity contribution in [1.29, 1.82) is 0 Å². The lowest BCUT2D eigenvalue weighted by atomic mass is 10.0. The molecule has 0 saturated carbocycles. The molecule has 0 aliphatic carbocycles. The molecule has 0 saturated heterocycles. The van der Waals surface area contributed by atoms with E-state index >= 15 is 0 Å². The van der Waals surface area contributed by atoms with E-state index in [4.69, 9.17) is 9.47 Å². The lowest BCUT2D eigenvalue weighted by molar-refractivity contribution is -0.143. The van der Waals surface area contributed by atoms with E-state index in [2.05, 4.69) is 10.6 Å². The van der Waals surface area contributed by atoms with E-state index in [0.717, 1.165) is 5.56 Å². The summed E-state index contributed by atoms with van der Waals surface area (Å²) in [5.74, 6) is -1.71. The van der Waals surface area contributed by atoms with Crippen molar-refractivity contribution >= 4 is 18.0 Å². The van der Waals surface area contributed by atoms with Crippen LogP contribution in [0.1, 0.15) is 53.5 Å². The number of rotatable bonds is 10. The fourth-order valence-corrected chi connectivity index (χ4v) is 2.68. The molecule has 3 atom stereocenters. The second-order valence-electron chi connectivity index (χ2n) is 8.65. The predicted octanol–water partition coefficient (Wildman–Crippen LogP) is 3.10. The van der Waals surface area contributed by atoms with E-state index in [1.807, 2.05) is 44.2 Å². The first-order valence-electron chi connectivity index (χ1n) is 10.1. The van der Waals surface area contributed by atoms with E-state index in [9.17, 15) is 19.5 Å². The van der Waals surface area contributed by atoms with Crippen LogP contribution in [0.5, 0.6) is 0 Å². The maximum absolute atomic E-state index is 12.9. The van der Waals surface area contributed by atoms with Crippen LogP contribution in [0.4, 0.5) is 4.79 Å². The zero-order valence-corrected chi connectivity index (χ0v) is 18.6. The standard InChI is InChI=1S/C22H34N2O6/c1-14(2)12-17(20(26)27)23-19(25)18(24-21(28)30-22(4,5)6)15(3)29-13-16-10-8-7-9-11-16/h7-11,14-15,17-18H,12-13H2,1-6H3,(H,23,25)(H,24,28)(H,26,27)/t15-,17+,18+/m1/s1. The highest BCUT2D eigenvalue weighted by Crippen LogP contribution is 2.11. The molecule has 0 radical (unpaired) electrons. The van der Waals surface area contributed by atoms with Gasteiger partial charge < -0.3 is 25.2 Å². The maximum Gasteiger partial charge on any atom is 0.408 e. The van der Waals surface area contributed by atoms with Crippen molar-refractivity contribution in [2.24, 2.45) is 5.92 Å². The number of aliphatic carboxylic acids is 1. The first-order valence-corrected chi connectivity index (χ1v) is 10.1. The Kier molecular flexibility index (Phi) is 9.78. The van der Waals surface area contributed by atoms with Gasteiger partial charge in [0.1, 0.15) is 17.7 Å². The average molecular weight is 423 g/mol. The van der Waals surface area contributed by atoms with Gasteiger partial charge in [0.15, 0.2) is 0 Å². The number of alkyl carbamates (subject to hydrolysis) is 1. The minimum absolute atomic E-state index is 0.0652. The van der Waals surface area contributed by atoms with Crippen LogP contribution in [0.15, 0.2) is 30.3 Å². The third kappa shape index (κ3) is 9.73. The highest BCUT2D eigenvalue weighted by Gasteiger charge is 2.32. The highest BCUT2D eigenvalue weighted by molar-refractivity contribution is 5.89. The number of carboxylic acids is 1. The van der Waals surface area contributed by atoms with Crippen LogP contribution < -0.4 is 10.6 Å². The Morgan fingerprint density at radius 1 is 1.03 bits per heavy atom. The molecule has 30 heavy (non-hydrogen) atoms. The minimum Gasteiger partial charge on any atom is -0.480 e. The molecule has 0 fully saturated rings. The molecule has 0 bridgehead atoms. The Labute approximate surface area is 178 Å². The highest BCUT2D eigenvalue weighted by atomic mass is 16.6. The zero-order valence-electron chi connectivity index (χ0n) is 18.6. The Morgan fingerprint density at radius 2 is 1.63 bits per heavy atom. The van der Waals surface area contributed by atoms with Gasteiger partial charge in [-0.2, -0.15) is 0 Å². The molecule has 0 unspecified atom stereocenters. The molecular formula is C22H34N2O6. The van der Waals surface area contributed by atoms with Crippen molar-refractivity contribution in [2.75, 3.05) is 0 Å². The number of carbonyl (C=O) groups is 3. The Bertz CT molecular complexity index is 699. The summed E-state index contributed by atoms with van der Waals surface area (Å²) in [5, 5.41) is 14.4. The number of benzene rings is 1. The Hall–Kier alpha value is -2.61. The lowest BCUT2D eigenvalue weighted by Gasteiger charge is -2.28. The Morgan fingerprint density at radius 3 is 2.13 bits per heavy atom. The van der Waals surface area contributed by atoms with Gasteiger partial charge in [-0.3, -0.25) is 4.79 Å². The monoisotopic (exact) mass is 422 g/mol. The van der Waals surface area contributed by atoms with Gasteiger partial charge in [-0.05, 0) is 45.6 Å². The maximum atomic E-state index is 12.9. The fraction of sp³-hybridized carbons (Fsp3) is 0.591. The molecule has 0 aliphatic rings. The number of hydrogen-bond donors (Lipinski definition) is 3. The van der Waals surface area contributed by atoms with Gasteiger partial charge in [-0.25, -0.2) is 9.59 Å². The summed E-state index contributed by atoms with van der Waals surface area (Å²) in [5.41, 5.74) is 0.157. The molecule has 8 nitrogen and oxygen atoms in total. The van der Waals surface area contributed by atoms with Crippen LogP contribution in [0, 0.1) is 5.92 Å². The van der Waals surface area contributed by atoms with E-state index in [-0.39, 0.29) is 18.9 Å². The van der Waals surface area contributed by atoms with Gasteiger partial charge in [-0.15, -0.1) is 0 Å². The van der Waals surface area contributed by atoms with E-state index in [0.29, 0.717) is 0 Å². The molecule has 0 aromatic heterocycles. The van der Waals surface area contributed by atoms with Crippen LogP contribution in [0.2, 0.25) is 0 Å². The quantitative estimate of drug-likeness (QED) is 0.534. The summed E-state index contributed by atoms with van der Waals surface area (Å²) in [6.07, 6.45) is -1.25. The molecule has 1 aromatic carbocycles. The zero-order chi connectivity index (χ0) is 22.9. The van der Waals surface area contributed by atoms with Gasteiger partial charge >= 0.3 is 12.1 Å². The minimum atomic E-state index is -1.13. The molecule has 0 spiro atoms. The molecule has 1 rings (SSSR count). The SMILES string of the molecule is CC(C)C[C@H](NC(=O)[C@@H](NC(=O)OC(C)(C)C)[C@@H](C)OCc1ccccc1)C(=O)O.